The molecule has 18 aromatic carbocycles. The zero-order valence-corrected chi connectivity index (χ0v) is 58.0. The van der Waals surface area contributed by atoms with Gasteiger partial charge in [0.05, 0.1) is 0 Å². The van der Waals surface area contributed by atoms with E-state index in [1.54, 1.807) is 0 Å². The molecule has 0 amide bonds. The van der Waals surface area contributed by atoms with Crippen molar-refractivity contribution in [1.29, 1.82) is 0 Å². The molecule has 482 valence electrons. The molecule has 0 bridgehead atoms. The Hall–Kier alpha value is -12.2. The van der Waals surface area contributed by atoms with Gasteiger partial charge < -0.3 is 0 Å². The van der Waals surface area contributed by atoms with E-state index in [1.165, 1.54) is 164 Å². The molecule has 18 aromatic rings. The van der Waals surface area contributed by atoms with Crippen LogP contribution in [0, 0.1) is 41.5 Å². The van der Waals surface area contributed by atoms with Crippen molar-refractivity contribution in [1.82, 2.24) is 0 Å². The van der Waals surface area contributed by atoms with Crippen molar-refractivity contribution in [3.63, 3.8) is 0 Å². The second kappa shape index (κ2) is 31.8. The second-order valence-electron chi connectivity index (χ2n) is 25.9. The third-order valence-electron chi connectivity index (χ3n) is 18.7. The largest absolute Gasteiger partial charge is 0.0622 e. The van der Waals surface area contributed by atoms with Gasteiger partial charge in [-0.2, -0.15) is 0 Å². The third-order valence-corrected chi connectivity index (χ3v) is 18.7. The molecule has 0 fully saturated rings. The van der Waals surface area contributed by atoms with E-state index >= 15 is 0 Å². The van der Waals surface area contributed by atoms with Crippen molar-refractivity contribution < 1.29 is 0 Å². The minimum atomic E-state index is 1.27. The zero-order chi connectivity index (χ0) is 68.6. The molecular weight excluding hydrogens is 1200 g/mol. The molecule has 100 heavy (non-hydrogen) atoms. The molecule has 0 saturated carbocycles. The molecule has 0 atom stereocenters. The molecule has 0 heteroatoms. The van der Waals surface area contributed by atoms with Crippen LogP contribution in [0.15, 0.2) is 388 Å². The first-order valence-electron chi connectivity index (χ1n) is 34.7. The van der Waals surface area contributed by atoms with Gasteiger partial charge in [0, 0.05) is 0 Å². The Balaban J connectivity index is 0.000000108. The molecule has 0 aliphatic rings. The average Bonchev–Trinajstić information content (AvgIpc) is 0.799. The molecule has 0 aromatic heterocycles. The molecule has 0 radical (unpaired) electrons. The van der Waals surface area contributed by atoms with Crippen LogP contribution in [0.2, 0.25) is 0 Å². The van der Waals surface area contributed by atoms with Gasteiger partial charge in [0.2, 0.25) is 0 Å². The molecule has 0 unspecified atom stereocenters. The van der Waals surface area contributed by atoms with Crippen LogP contribution in [0.3, 0.4) is 0 Å². The van der Waals surface area contributed by atoms with E-state index in [4.69, 9.17) is 0 Å². The molecular formula is C100H82. The maximum absolute atomic E-state index is 2.25. The Bertz CT molecular complexity index is 5660. The van der Waals surface area contributed by atoms with Crippen LogP contribution in [0.1, 0.15) is 33.4 Å². The van der Waals surface area contributed by atoms with Crippen molar-refractivity contribution >= 4 is 75.4 Å². The standard InChI is InChI=1S/5C17H14.C15H12/c1-13-9-11-15(12-10-13)17-8-4-6-14-5-2-3-7-16(14)17;1-13-7-5-12-17-15(13)10-6-11-16(17)14-8-3-2-4-9-14;1-13-11-12-16(14-7-3-2-4-8-14)17-10-6-5-9-15(13)17;1-13-6-8-15(9-7-13)17-11-10-14-4-2-3-5-16(14)12-17;1-13-7-8-17-12-16(10-9-15(17)11-13)14-5-3-2-4-6-14;1-11-6-9-15-13(10-11)8-7-12-4-2-3-5-14(12)15/h5*2-12H,1H3;2-10H,1H3. The van der Waals surface area contributed by atoms with Crippen LogP contribution in [0.5, 0.6) is 0 Å². The van der Waals surface area contributed by atoms with Gasteiger partial charge in [0.15, 0.2) is 0 Å². The van der Waals surface area contributed by atoms with E-state index in [9.17, 15) is 0 Å². The van der Waals surface area contributed by atoms with E-state index in [1.807, 2.05) is 6.07 Å². The van der Waals surface area contributed by atoms with Crippen LogP contribution in [0.25, 0.3) is 131 Å². The van der Waals surface area contributed by atoms with Crippen molar-refractivity contribution in [2.45, 2.75) is 41.5 Å². The first-order valence-corrected chi connectivity index (χ1v) is 34.7. The Labute approximate surface area is 590 Å². The first kappa shape index (κ1) is 66.4. The Kier molecular flexibility index (Phi) is 21.1. The lowest BCUT2D eigenvalue weighted by Crippen LogP contribution is -1.83. The van der Waals surface area contributed by atoms with Gasteiger partial charge in [0.25, 0.3) is 0 Å². The SMILES string of the molecule is Cc1ccc(-c2ccc3ccccc3c2)cc1.Cc1ccc(-c2cccc3ccccc23)cc1.Cc1ccc(-c2ccccc2)c2ccccc12.Cc1ccc2c(ccc3ccccc32)c1.Cc1ccc2cc(-c3ccccc3)ccc2c1.Cc1cccc2c(-c3ccccc3)cccc12. The summed E-state index contributed by atoms with van der Waals surface area (Å²) in [5, 5.41) is 18.5. The van der Waals surface area contributed by atoms with Crippen LogP contribution in [-0.2, 0) is 0 Å². The molecule has 0 saturated heterocycles. The van der Waals surface area contributed by atoms with Crippen LogP contribution >= 0.6 is 0 Å². The summed E-state index contributed by atoms with van der Waals surface area (Å²) in [6.45, 7) is 12.8. The second-order valence-corrected chi connectivity index (χ2v) is 25.9. The van der Waals surface area contributed by atoms with E-state index in [-0.39, 0.29) is 0 Å². The predicted molar refractivity (Wildman–Crippen MR) is 437 cm³/mol. The topological polar surface area (TPSA) is 0 Å². The minimum absolute atomic E-state index is 1.27. The smallest absolute Gasteiger partial charge is 0.0103 e. The van der Waals surface area contributed by atoms with E-state index in [2.05, 4.69) is 424 Å². The summed E-state index contributed by atoms with van der Waals surface area (Å²) < 4.78 is 0. The van der Waals surface area contributed by atoms with Crippen molar-refractivity contribution in [3.05, 3.63) is 422 Å². The van der Waals surface area contributed by atoms with Gasteiger partial charge >= 0.3 is 0 Å². The van der Waals surface area contributed by atoms with Crippen LogP contribution < -0.4 is 0 Å². The fraction of sp³-hybridized carbons (Fsp3) is 0.0600. The fourth-order valence-corrected chi connectivity index (χ4v) is 13.3. The fourth-order valence-electron chi connectivity index (χ4n) is 13.3. The van der Waals surface area contributed by atoms with Crippen molar-refractivity contribution in [2.75, 3.05) is 0 Å². The summed E-state index contributed by atoms with van der Waals surface area (Å²) in [6, 6.07) is 138. The molecule has 0 N–H and O–H groups in total. The predicted octanol–water partition coefficient (Wildman–Crippen LogP) is 28.4. The van der Waals surface area contributed by atoms with Crippen LogP contribution in [-0.4, -0.2) is 0 Å². The lowest BCUT2D eigenvalue weighted by molar-refractivity contribution is 1.47. The van der Waals surface area contributed by atoms with Gasteiger partial charge in [-0.05, 0) is 196 Å². The van der Waals surface area contributed by atoms with Gasteiger partial charge in [0.1, 0.15) is 0 Å². The number of aryl methyl sites for hydroxylation is 6. The molecule has 0 spiro atoms. The minimum Gasteiger partial charge on any atom is -0.0622 e. The molecule has 18 rings (SSSR count). The van der Waals surface area contributed by atoms with Gasteiger partial charge in [-0.15, -0.1) is 0 Å². The van der Waals surface area contributed by atoms with Gasteiger partial charge in [-0.25, -0.2) is 0 Å². The van der Waals surface area contributed by atoms with Crippen molar-refractivity contribution in [2.24, 2.45) is 0 Å². The number of hydrogen-bond acceptors (Lipinski definition) is 0. The lowest BCUT2D eigenvalue weighted by atomic mass is 9.96. The third kappa shape index (κ3) is 16.1. The quantitative estimate of drug-likeness (QED) is 0.151. The highest BCUT2D eigenvalue weighted by atomic mass is 14.1. The lowest BCUT2D eigenvalue weighted by Gasteiger charge is -2.09. The maximum atomic E-state index is 2.25. The summed E-state index contributed by atoms with van der Waals surface area (Å²) in [7, 11) is 0. The summed E-state index contributed by atoms with van der Waals surface area (Å²) >= 11 is 0. The normalized spacial score (nSPS) is 10.7. The van der Waals surface area contributed by atoms with E-state index in [0.29, 0.717) is 0 Å². The Morgan fingerprint density at radius 1 is 0.130 bits per heavy atom. The summed E-state index contributed by atoms with van der Waals surface area (Å²) in [4.78, 5) is 0. The summed E-state index contributed by atoms with van der Waals surface area (Å²) in [5.74, 6) is 0. The molecule has 0 heterocycles. The molecule has 0 aliphatic carbocycles. The zero-order valence-electron chi connectivity index (χ0n) is 58.0. The van der Waals surface area contributed by atoms with Gasteiger partial charge in [-0.3, -0.25) is 0 Å². The molecule has 0 nitrogen and oxygen atoms in total. The Morgan fingerprint density at radius 2 is 0.440 bits per heavy atom. The number of hydrogen-bond donors (Lipinski definition) is 0. The highest BCUT2D eigenvalue weighted by molar-refractivity contribution is 6.08. The summed E-state index contributed by atoms with van der Waals surface area (Å²) in [6.07, 6.45) is 0. The van der Waals surface area contributed by atoms with Gasteiger partial charge in [-0.1, -0.05) is 398 Å². The number of rotatable bonds is 5. The average molecular weight is 1280 g/mol. The number of benzene rings is 18. The maximum Gasteiger partial charge on any atom is -0.0103 e. The highest BCUT2D eigenvalue weighted by Gasteiger charge is 2.08. The summed E-state index contributed by atoms with van der Waals surface area (Å²) in [5.41, 5.74) is 20.8. The Morgan fingerprint density at radius 3 is 1.06 bits per heavy atom. The highest BCUT2D eigenvalue weighted by Crippen LogP contribution is 2.34. The van der Waals surface area contributed by atoms with E-state index < -0.39 is 0 Å². The van der Waals surface area contributed by atoms with Crippen LogP contribution in [0.4, 0.5) is 0 Å². The van der Waals surface area contributed by atoms with Crippen molar-refractivity contribution in [3.8, 4) is 55.6 Å². The van der Waals surface area contributed by atoms with E-state index in [0.717, 1.165) is 0 Å². The number of fused-ring (bicyclic) bond motifs is 8. The molecule has 0 aliphatic heterocycles. The first-order chi connectivity index (χ1) is 49.1. The monoisotopic (exact) mass is 1280 g/mol.